The number of nitrogens with one attached hydrogen (secondary N) is 1. The fraction of sp³-hybridized carbons (Fsp3) is 0.500. The van der Waals surface area contributed by atoms with Gasteiger partial charge in [0.2, 0.25) is 0 Å². The van der Waals surface area contributed by atoms with Crippen LogP contribution in [-0.2, 0) is 0 Å². The Kier molecular flexibility index (Phi) is 2.51. The summed E-state index contributed by atoms with van der Waals surface area (Å²) in [5.41, 5.74) is 3.65. The van der Waals surface area contributed by atoms with E-state index >= 15 is 0 Å². The van der Waals surface area contributed by atoms with Gasteiger partial charge in [0, 0.05) is 5.70 Å². The lowest BCUT2D eigenvalue weighted by molar-refractivity contribution is 0.623. The minimum absolute atomic E-state index is 0.720. The van der Waals surface area contributed by atoms with Crippen molar-refractivity contribution in [3.63, 3.8) is 0 Å². The monoisotopic (exact) mass is 138 g/mol. The topological polar surface area (TPSA) is 38.0 Å². The number of hydrazine groups is 1. The summed E-state index contributed by atoms with van der Waals surface area (Å²) in [6, 6.07) is 0. The van der Waals surface area contributed by atoms with Crippen molar-refractivity contribution in [1.82, 2.24) is 5.43 Å². The van der Waals surface area contributed by atoms with Gasteiger partial charge in [0.1, 0.15) is 0 Å². The third kappa shape index (κ3) is 1.61. The molecular formula is C8H14N2. The first kappa shape index (κ1) is 7.35. The molecule has 0 fully saturated rings. The van der Waals surface area contributed by atoms with Crippen LogP contribution in [0.5, 0.6) is 0 Å². The summed E-state index contributed by atoms with van der Waals surface area (Å²) in [7, 11) is 0. The summed E-state index contributed by atoms with van der Waals surface area (Å²) in [6.45, 7) is 2.20. The lowest BCUT2D eigenvalue weighted by Crippen LogP contribution is -2.21. The van der Waals surface area contributed by atoms with Gasteiger partial charge in [-0.2, -0.15) is 0 Å². The van der Waals surface area contributed by atoms with E-state index in [1.165, 1.54) is 6.42 Å². The van der Waals surface area contributed by atoms with Crippen LogP contribution in [0.2, 0.25) is 0 Å². The Morgan fingerprint density at radius 3 is 3.00 bits per heavy atom. The Morgan fingerprint density at radius 1 is 1.80 bits per heavy atom. The molecule has 1 aliphatic rings. The normalized spacial score (nSPS) is 24.2. The van der Waals surface area contributed by atoms with Gasteiger partial charge in [-0.3, -0.25) is 5.84 Å². The van der Waals surface area contributed by atoms with Gasteiger partial charge in [-0.05, 0) is 24.8 Å². The molecule has 0 radical (unpaired) electrons. The zero-order valence-electron chi connectivity index (χ0n) is 6.30. The summed E-state index contributed by atoms with van der Waals surface area (Å²) in [5, 5.41) is 0. The van der Waals surface area contributed by atoms with E-state index in [0.717, 1.165) is 18.0 Å². The number of allylic oxidation sites excluding steroid dienone is 3. The van der Waals surface area contributed by atoms with Crippen LogP contribution in [0.25, 0.3) is 0 Å². The predicted octanol–water partition coefficient (Wildman–Crippen LogP) is 1.32. The van der Waals surface area contributed by atoms with Crippen LogP contribution in [0.15, 0.2) is 23.9 Å². The van der Waals surface area contributed by atoms with Gasteiger partial charge in [-0.25, -0.2) is 0 Å². The molecule has 1 atom stereocenters. The third-order valence-electron chi connectivity index (χ3n) is 1.88. The smallest absolute Gasteiger partial charge is 0.0442 e. The molecule has 0 bridgehead atoms. The fourth-order valence-corrected chi connectivity index (χ4v) is 1.07. The fourth-order valence-electron chi connectivity index (χ4n) is 1.07. The highest BCUT2D eigenvalue weighted by Crippen LogP contribution is 2.16. The van der Waals surface area contributed by atoms with Crippen LogP contribution >= 0.6 is 0 Å². The summed E-state index contributed by atoms with van der Waals surface area (Å²) in [5.74, 6) is 5.94. The number of hydrogen-bond acceptors (Lipinski definition) is 2. The molecule has 0 aromatic heterocycles. The van der Waals surface area contributed by atoms with Crippen molar-refractivity contribution < 1.29 is 0 Å². The first-order valence-corrected chi connectivity index (χ1v) is 3.71. The van der Waals surface area contributed by atoms with Gasteiger partial charge in [0.05, 0.1) is 0 Å². The Balaban J connectivity index is 2.46. The quantitative estimate of drug-likeness (QED) is 0.446. The van der Waals surface area contributed by atoms with Crippen molar-refractivity contribution in [3.05, 3.63) is 23.9 Å². The number of hydrogen-bond donors (Lipinski definition) is 2. The molecule has 0 aromatic carbocycles. The molecule has 10 heavy (non-hydrogen) atoms. The zero-order valence-corrected chi connectivity index (χ0v) is 6.30. The second-order valence-electron chi connectivity index (χ2n) is 2.57. The SMILES string of the molecule is CCC1C=CC(NN)=CC1. The molecule has 0 aromatic rings. The highest BCUT2D eigenvalue weighted by molar-refractivity contribution is 5.21. The summed E-state index contributed by atoms with van der Waals surface area (Å²) in [4.78, 5) is 0. The van der Waals surface area contributed by atoms with Crippen LogP contribution < -0.4 is 11.3 Å². The van der Waals surface area contributed by atoms with Gasteiger partial charge in [-0.1, -0.05) is 19.1 Å². The highest BCUT2D eigenvalue weighted by atomic mass is 15.2. The Morgan fingerprint density at radius 2 is 2.60 bits per heavy atom. The Bertz CT molecular complexity index is 159. The Hall–Kier alpha value is -0.760. The molecule has 0 saturated heterocycles. The van der Waals surface area contributed by atoms with E-state index in [-0.39, 0.29) is 0 Å². The van der Waals surface area contributed by atoms with E-state index in [2.05, 4.69) is 24.5 Å². The molecule has 1 unspecified atom stereocenters. The van der Waals surface area contributed by atoms with Crippen molar-refractivity contribution in [2.24, 2.45) is 11.8 Å². The average Bonchev–Trinajstić information content (AvgIpc) is 2.05. The second-order valence-corrected chi connectivity index (χ2v) is 2.57. The number of nitrogens with two attached hydrogens (primary N) is 1. The van der Waals surface area contributed by atoms with Crippen molar-refractivity contribution in [2.45, 2.75) is 19.8 Å². The van der Waals surface area contributed by atoms with E-state index in [4.69, 9.17) is 5.84 Å². The molecule has 3 N–H and O–H groups in total. The van der Waals surface area contributed by atoms with Crippen molar-refractivity contribution in [1.29, 1.82) is 0 Å². The van der Waals surface area contributed by atoms with E-state index in [1.54, 1.807) is 0 Å². The molecular weight excluding hydrogens is 124 g/mol. The molecule has 56 valence electrons. The van der Waals surface area contributed by atoms with E-state index in [9.17, 15) is 0 Å². The molecule has 0 saturated carbocycles. The molecule has 1 aliphatic carbocycles. The maximum absolute atomic E-state index is 5.22. The largest absolute Gasteiger partial charge is 0.324 e. The lowest BCUT2D eigenvalue weighted by Gasteiger charge is -2.12. The number of rotatable bonds is 2. The van der Waals surface area contributed by atoms with Crippen molar-refractivity contribution in [2.75, 3.05) is 0 Å². The average molecular weight is 138 g/mol. The molecule has 0 spiro atoms. The van der Waals surface area contributed by atoms with Gasteiger partial charge < -0.3 is 5.43 Å². The maximum Gasteiger partial charge on any atom is 0.0442 e. The summed E-state index contributed by atoms with van der Waals surface area (Å²) >= 11 is 0. The minimum Gasteiger partial charge on any atom is -0.324 e. The van der Waals surface area contributed by atoms with Gasteiger partial charge in [0.15, 0.2) is 0 Å². The third-order valence-corrected chi connectivity index (χ3v) is 1.88. The minimum atomic E-state index is 0.720. The molecule has 2 heteroatoms. The van der Waals surface area contributed by atoms with Gasteiger partial charge in [0.25, 0.3) is 0 Å². The lowest BCUT2D eigenvalue weighted by atomic mass is 9.97. The van der Waals surface area contributed by atoms with Crippen LogP contribution in [-0.4, -0.2) is 0 Å². The first-order valence-electron chi connectivity index (χ1n) is 3.71. The van der Waals surface area contributed by atoms with Crippen molar-refractivity contribution >= 4 is 0 Å². The van der Waals surface area contributed by atoms with Gasteiger partial charge in [-0.15, -0.1) is 0 Å². The van der Waals surface area contributed by atoms with Crippen molar-refractivity contribution in [3.8, 4) is 0 Å². The van der Waals surface area contributed by atoms with E-state index in [0.29, 0.717) is 0 Å². The highest BCUT2D eigenvalue weighted by Gasteiger charge is 2.04. The van der Waals surface area contributed by atoms with Crippen LogP contribution in [0, 0.1) is 5.92 Å². The Labute approximate surface area is 61.8 Å². The van der Waals surface area contributed by atoms with Crippen LogP contribution in [0.4, 0.5) is 0 Å². The van der Waals surface area contributed by atoms with Gasteiger partial charge >= 0.3 is 0 Å². The molecule has 0 aliphatic heterocycles. The molecule has 2 nitrogen and oxygen atoms in total. The van der Waals surface area contributed by atoms with E-state index < -0.39 is 0 Å². The van der Waals surface area contributed by atoms with Crippen LogP contribution in [0.1, 0.15) is 19.8 Å². The van der Waals surface area contributed by atoms with E-state index in [1.807, 2.05) is 6.08 Å². The first-order chi connectivity index (χ1) is 4.86. The molecule has 0 amide bonds. The standard InChI is InChI=1S/C8H14N2/c1-2-7-3-5-8(10-9)6-4-7/h3,5-7,10H,2,4,9H2,1H3. The second kappa shape index (κ2) is 3.42. The summed E-state index contributed by atoms with van der Waals surface area (Å²) < 4.78 is 0. The predicted molar refractivity (Wildman–Crippen MR) is 42.9 cm³/mol. The zero-order chi connectivity index (χ0) is 7.40. The maximum atomic E-state index is 5.22. The summed E-state index contributed by atoms with van der Waals surface area (Å²) in [6.07, 6.45) is 8.71. The molecule has 0 heterocycles. The molecule has 1 rings (SSSR count). The van der Waals surface area contributed by atoms with Crippen LogP contribution in [0.3, 0.4) is 0 Å².